The molecule has 0 aliphatic rings. The Morgan fingerprint density at radius 1 is 1.48 bits per heavy atom. The number of nitrogens with zero attached hydrogens (tertiary/aromatic N) is 1. The Bertz CT molecular complexity index is 626. The molecule has 0 spiro atoms. The van der Waals surface area contributed by atoms with Gasteiger partial charge < -0.3 is 15.9 Å². The van der Waals surface area contributed by atoms with Crippen molar-refractivity contribution in [2.24, 2.45) is 11.7 Å². The highest BCUT2D eigenvalue weighted by atomic mass is 16.6. The number of carbonyl (C=O) groups excluding carboxylic acids is 1. The summed E-state index contributed by atoms with van der Waals surface area (Å²) < 4.78 is 5.05. The van der Waals surface area contributed by atoms with Crippen LogP contribution < -0.4 is 5.73 Å². The van der Waals surface area contributed by atoms with Gasteiger partial charge in [-0.3, -0.25) is 10.1 Å². The molecule has 1 rings (SSSR count). The summed E-state index contributed by atoms with van der Waals surface area (Å²) in [5, 5.41) is 19.0. The smallest absolute Gasteiger partial charge is 0.405 e. The molecule has 0 saturated carbocycles. The summed E-state index contributed by atoms with van der Waals surface area (Å²) >= 11 is 0. The molecule has 0 radical (unpaired) electrons. The van der Waals surface area contributed by atoms with Crippen LogP contribution in [-0.4, -0.2) is 22.3 Å². The van der Waals surface area contributed by atoms with Crippen LogP contribution >= 0.6 is 0 Å². The lowest BCUT2D eigenvalue weighted by atomic mass is 9.89. The molecule has 0 aliphatic carbocycles. The summed E-state index contributed by atoms with van der Waals surface area (Å²) in [7, 11) is 0. The van der Waals surface area contributed by atoms with Crippen LogP contribution in [0.2, 0.25) is 0 Å². The fraction of sp³-hybridized carbons (Fsp3) is 0.500. The maximum absolute atomic E-state index is 10.9. The molecule has 0 heterocycles. The van der Waals surface area contributed by atoms with E-state index in [4.69, 9.17) is 15.9 Å². The molecular weight excluding hydrogens is 298 g/mol. The van der Waals surface area contributed by atoms with Crippen molar-refractivity contribution in [1.29, 1.82) is 5.41 Å². The summed E-state index contributed by atoms with van der Waals surface area (Å²) in [5.74, 6) is 0.0901. The number of aryl methyl sites for hydroxylation is 1. The van der Waals surface area contributed by atoms with E-state index in [0.29, 0.717) is 29.7 Å². The van der Waals surface area contributed by atoms with Gasteiger partial charge in [-0.25, -0.2) is 4.79 Å². The Morgan fingerprint density at radius 3 is 2.57 bits per heavy atom. The molecule has 7 nitrogen and oxygen atoms in total. The number of hydrogen-bond donors (Lipinski definition) is 2. The highest BCUT2D eigenvalue weighted by molar-refractivity contribution is 5.98. The van der Waals surface area contributed by atoms with E-state index in [2.05, 4.69) is 0 Å². The van der Waals surface area contributed by atoms with Gasteiger partial charge in [-0.2, -0.15) is 0 Å². The number of benzene rings is 1. The van der Waals surface area contributed by atoms with Gasteiger partial charge in [0.25, 0.3) is 5.69 Å². The van der Waals surface area contributed by atoms with Crippen molar-refractivity contribution in [2.75, 3.05) is 0 Å². The first-order valence-electron chi connectivity index (χ1n) is 7.33. The van der Waals surface area contributed by atoms with Crippen LogP contribution in [0.25, 0.3) is 0 Å². The van der Waals surface area contributed by atoms with Crippen molar-refractivity contribution in [3.63, 3.8) is 0 Å². The Labute approximate surface area is 135 Å². The summed E-state index contributed by atoms with van der Waals surface area (Å²) in [6, 6.07) is 4.66. The zero-order chi connectivity index (χ0) is 17.8. The number of nitrogens with one attached hydrogen (secondary N) is 1. The average molecular weight is 321 g/mol. The Morgan fingerprint density at radius 2 is 2.09 bits per heavy atom. The quantitative estimate of drug-likeness (QED) is 0.453. The van der Waals surface area contributed by atoms with E-state index in [-0.39, 0.29) is 11.6 Å². The topological polar surface area (TPSA) is 119 Å². The molecule has 0 bridgehead atoms. The average Bonchev–Trinajstić information content (AvgIpc) is 2.35. The highest BCUT2D eigenvalue weighted by Gasteiger charge is 2.25. The van der Waals surface area contributed by atoms with Crippen molar-refractivity contribution in [1.82, 2.24) is 0 Å². The first-order chi connectivity index (χ1) is 10.5. The van der Waals surface area contributed by atoms with Gasteiger partial charge >= 0.3 is 6.09 Å². The fourth-order valence-electron chi connectivity index (χ4n) is 2.74. The third kappa shape index (κ3) is 5.69. The van der Waals surface area contributed by atoms with Gasteiger partial charge in [-0.15, -0.1) is 0 Å². The number of nitrogens with two attached hydrogens (primary N) is 1. The lowest BCUT2D eigenvalue weighted by Crippen LogP contribution is -2.33. The number of primary amides is 1. The van der Waals surface area contributed by atoms with E-state index in [1.165, 1.54) is 6.07 Å². The van der Waals surface area contributed by atoms with E-state index in [1.807, 2.05) is 6.92 Å². The number of carbonyl (C=O) groups is 1. The molecule has 23 heavy (non-hydrogen) atoms. The Balaban J connectivity index is 2.74. The van der Waals surface area contributed by atoms with Crippen LogP contribution in [0.4, 0.5) is 10.5 Å². The molecule has 1 amide bonds. The molecule has 1 aromatic rings. The van der Waals surface area contributed by atoms with Crippen molar-refractivity contribution < 1.29 is 14.5 Å². The van der Waals surface area contributed by atoms with Crippen LogP contribution in [0, 0.1) is 28.4 Å². The zero-order valence-electron chi connectivity index (χ0n) is 13.9. The number of rotatable bonds is 7. The molecule has 1 atom stereocenters. The molecule has 3 N–H and O–H groups in total. The number of hydrogen-bond acceptors (Lipinski definition) is 5. The molecule has 7 heteroatoms. The van der Waals surface area contributed by atoms with Crippen molar-refractivity contribution in [3.05, 3.63) is 39.4 Å². The van der Waals surface area contributed by atoms with E-state index in [0.717, 1.165) is 0 Å². The lowest BCUT2D eigenvalue weighted by Gasteiger charge is -2.27. The van der Waals surface area contributed by atoms with Crippen LogP contribution in [-0.2, 0) is 4.74 Å². The molecule has 0 saturated heterocycles. The minimum atomic E-state index is -0.816. The molecule has 126 valence electrons. The first kappa shape index (κ1) is 18.6. The zero-order valence-corrected chi connectivity index (χ0v) is 13.9. The van der Waals surface area contributed by atoms with Gasteiger partial charge in [0.15, 0.2) is 0 Å². The third-order valence-electron chi connectivity index (χ3n) is 3.51. The van der Waals surface area contributed by atoms with Gasteiger partial charge in [-0.05, 0) is 57.2 Å². The van der Waals surface area contributed by atoms with Gasteiger partial charge in [0.1, 0.15) is 5.60 Å². The van der Waals surface area contributed by atoms with Gasteiger partial charge in [-0.1, -0.05) is 6.92 Å². The SMILES string of the molecule is Cc1cc(C(=N)CC(C)CC(C)(C)OC(N)=O)ccc1[N+](=O)[O-]. The van der Waals surface area contributed by atoms with E-state index >= 15 is 0 Å². The van der Waals surface area contributed by atoms with E-state index in [9.17, 15) is 14.9 Å². The minimum Gasteiger partial charge on any atom is -0.444 e. The first-order valence-corrected chi connectivity index (χ1v) is 7.33. The van der Waals surface area contributed by atoms with Crippen molar-refractivity contribution in [2.45, 2.75) is 46.1 Å². The maximum Gasteiger partial charge on any atom is 0.405 e. The standard InChI is InChI=1S/C16H23N3O4/c1-10(9-16(3,4)23-15(18)20)7-13(17)12-5-6-14(19(21)22)11(2)8-12/h5-6,8,10,17H,7,9H2,1-4H3,(H2,18,20). The van der Waals surface area contributed by atoms with Crippen molar-refractivity contribution in [3.8, 4) is 0 Å². The molecule has 1 aromatic carbocycles. The number of nitro benzene ring substituents is 1. The van der Waals surface area contributed by atoms with Crippen LogP contribution in [0.3, 0.4) is 0 Å². The normalized spacial score (nSPS) is 12.5. The van der Waals surface area contributed by atoms with Gasteiger partial charge in [0.2, 0.25) is 0 Å². The largest absolute Gasteiger partial charge is 0.444 e. The predicted molar refractivity (Wildman–Crippen MR) is 87.8 cm³/mol. The minimum absolute atomic E-state index is 0.0468. The van der Waals surface area contributed by atoms with Crippen LogP contribution in [0.1, 0.15) is 44.7 Å². The number of amides is 1. The van der Waals surface area contributed by atoms with Gasteiger partial charge in [0, 0.05) is 17.3 Å². The summed E-state index contributed by atoms with van der Waals surface area (Å²) in [4.78, 5) is 21.3. The molecule has 0 aromatic heterocycles. The molecule has 0 fully saturated rings. The summed E-state index contributed by atoms with van der Waals surface area (Å²) in [6.07, 6.45) is 0.218. The van der Waals surface area contributed by atoms with Crippen LogP contribution in [0.15, 0.2) is 18.2 Å². The maximum atomic E-state index is 10.9. The fourth-order valence-corrected chi connectivity index (χ4v) is 2.74. The van der Waals surface area contributed by atoms with Gasteiger partial charge in [0.05, 0.1) is 4.92 Å². The van der Waals surface area contributed by atoms with E-state index < -0.39 is 16.6 Å². The Hall–Kier alpha value is -2.44. The second kappa shape index (κ2) is 7.21. The summed E-state index contributed by atoms with van der Waals surface area (Å²) in [6.45, 7) is 7.16. The third-order valence-corrected chi connectivity index (χ3v) is 3.51. The van der Waals surface area contributed by atoms with E-state index in [1.54, 1.807) is 32.9 Å². The molecular formula is C16H23N3O4. The molecule has 1 unspecified atom stereocenters. The van der Waals surface area contributed by atoms with Crippen LogP contribution in [0.5, 0.6) is 0 Å². The second-order valence-electron chi connectivity index (χ2n) is 6.43. The predicted octanol–water partition coefficient (Wildman–Crippen LogP) is 3.56. The second-order valence-corrected chi connectivity index (χ2v) is 6.43. The monoisotopic (exact) mass is 321 g/mol. The van der Waals surface area contributed by atoms with Crippen molar-refractivity contribution >= 4 is 17.5 Å². The lowest BCUT2D eigenvalue weighted by molar-refractivity contribution is -0.385. The molecule has 0 aliphatic heterocycles. The number of ether oxygens (including phenoxy) is 1. The number of nitro groups is 1. The summed E-state index contributed by atoms with van der Waals surface area (Å²) in [5.41, 5.74) is 5.98. The highest BCUT2D eigenvalue weighted by Crippen LogP contribution is 2.25. The Kier molecular flexibility index (Phi) is 5.84.